The fraction of sp³-hybridized carbons (Fsp3) is 0.158. The van der Waals surface area contributed by atoms with E-state index in [9.17, 15) is 31.9 Å². The minimum absolute atomic E-state index is 0.269. The lowest BCUT2D eigenvalue weighted by Crippen LogP contribution is -2.45. The molecule has 0 aliphatic carbocycles. The molecule has 0 saturated carbocycles. The summed E-state index contributed by atoms with van der Waals surface area (Å²) in [6.45, 7) is -0.642. The first-order valence-corrected chi connectivity index (χ1v) is 8.52. The molecule has 1 aromatic carbocycles. The monoisotopic (exact) mass is 422 g/mol. The van der Waals surface area contributed by atoms with Crippen LogP contribution in [0.1, 0.15) is 27.2 Å². The quantitative estimate of drug-likeness (QED) is 0.486. The molecular formula is C19H14F4N4O3. The second-order valence-electron chi connectivity index (χ2n) is 6.25. The number of hydrogen-bond acceptors (Lipinski definition) is 4. The van der Waals surface area contributed by atoms with Gasteiger partial charge in [0.25, 0.3) is 11.3 Å². The van der Waals surface area contributed by atoms with Crippen molar-refractivity contribution in [2.75, 3.05) is 0 Å². The Morgan fingerprint density at radius 2 is 1.80 bits per heavy atom. The van der Waals surface area contributed by atoms with E-state index in [0.29, 0.717) is 15.8 Å². The van der Waals surface area contributed by atoms with Crippen molar-refractivity contribution >= 4 is 5.91 Å². The number of benzene rings is 1. The number of aromatic nitrogens is 3. The molecule has 2 aromatic heterocycles. The molecule has 0 atom stereocenters. The number of halogens is 4. The summed E-state index contributed by atoms with van der Waals surface area (Å²) in [4.78, 5) is 40.8. The van der Waals surface area contributed by atoms with Crippen LogP contribution in [-0.4, -0.2) is 20.7 Å². The van der Waals surface area contributed by atoms with Gasteiger partial charge in [-0.1, -0.05) is 18.2 Å². The second kappa shape index (κ2) is 8.31. The highest BCUT2D eigenvalue weighted by Crippen LogP contribution is 2.28. The number of amides is 1. The molecule has 3 aromatic rings. The Morgan fingerprint density at radius 3 is 2.40 bits per heavy atom. The van der Waals surface area contributed by atoms with Crippen molar-refractivity contribution in [1.29, 1.82) is 0 Å². The topological polar surface area (TPSA) is 96.8 Å². The summed E-state index contributed by atoms with van der Waals surface area (Å²) in [5.41, 5.74) is -5.14. The van der Waals surface area contributed by atoms with E-state index < -0.39 is 40.1 Å². The van der Waals surface area contributed by atoms with Gasteiger partial charge < -0.3 is 5.32 Å². The van der Waals surface area contributed by atoms with Gasteiger partial charge in [0.1, 0.15) is 11.4 Å². The highest BCUT2D eigenvalue weighted by Gasteiger charge is 2.39. The van der Waals surface area contributed by atoms with Crippen molar-refractivity contribution < 1.29 is 22.4 Å². The van der Waals surface area contributed by atoms with Crippen molar-refractivity contribution in [2.45, 2.75) is 19.3 Å². The Morgan fingerprint density at radius 1 is 1.10 bits per heavy atom. The standard InChI is InChI=1S/C19H14F4N4O3/c20-13-5-3-11(4-6-13)9-25-17(29)14-15(28)18(30)27(26-16(14)19(21,22)23)10-12-2-1-7-24-8-12/h1-8,26H,9-10H2,(H,25,29). The van der Waals surface area contributed by atoms with E-state index in [1.165, 1.54) is 36.7 Å². The Balaban J connectivity index is 1.97. The van der Waals surface area contributed by atoms with E-state index >= 15 is 0 Å². The third-order valence-corrected chi connectivity index (χ3v) is 4.10. The van der Waals surface area contributed by atoms with Gasteiger partial charge in [0.05, 0.1) is 6.54 Å². The van der Waals surface area contributed by atoms with E-state index in [1.54, 1.807) is 0 Å². The predicted octanol–water partition coefficient (Wildman–Crippen LogP) is 2.07. The van der Waals surface area contributed by atoms with Crippen LogP contribution in [0.15, 0.2) is 58.4 Å². The molecule has 7 nitrogen and oxygen atoms in total. The number of aromatic amines is 1. The van der Waals surface area contributed by atoms with Crippen LogP contribution >= 0.6 is 0 Å². The van der Waals surface area contributed by atoms with Crippen LogP contribution in [0.2, 0.25) is 0 Å². The first-order chi connectivity index (χ1) is 14.2. The van der Waals surface area contributed by atoms with Crippen molar-refractivity contribution in [3.05, 3.63) is 97.6 Å². The van der Waals surface area contributed by atoms with E-state index in [4.69, 9.17) is 0 Å². The number of hydrogen-bond donors (Lipinski definition) is 2. The largest absolute Gasteiger partial charge is 0.433 e. The summed E-state index contributed by atoms with van der Waals surface area (Å²) in [5.74, 6) is -1.91. The van der Waals surface area contributed by atoms with Crippen molar-refractivity contribution in [3.8, 4) is 0 Å². The van der Waals surface area contributed by atoms with Gasteiger partial charge >= 0.3 is 11.7 Å². The number of alkyl halides is 3. The normalized spacial score (nSPS) is 11.3. The molecule has 0 aliphatic heterocycles. The second-order valence-corrected chi connectivity index (χ2v) is 6.25. The maximum Gasteiger partial charge on any atom is 0.433 e. The number of carbonyl (C=O) groups excluding carboxylic acids is 1. The highest BCUT2D eigenvalue weighted by atomic mass is 19.4. The third-order valence-electron chi connectivity index (χ3n) is 4.10. The molecule has 0 aliphatic rings. The number of carbonyl (C=O) groups is 1. The highest BCUT2D eigenvalue weighted by molar-refractivity contribution is 5.95. The molecule has 30 heavy (non-hydrogen) atoms. The lowest BCUT2D eigenvalue weighted by molar-refractivity contribution is -0.142. The van der Waals surface area contributed by atoms with E-state index in [2.05, 4.69) is 10.3 Å². The zero-order chi connectivity index (χ0) is 21.9. The van der Waals surface area contributed by atoms with Gasteiger partial charge in [0.15, 0.2) is 5.69 Å². The van der Waals surface area contributed by atoms with Gasteiger partial charge in [-0.05, 0) is 29.3 Å². The summed E-state index contributed by atoms with van der Waals surface area (Å²) < 4.78 is 54.0. The Labute approximate surface area is 166 Å². The molecule has 0 saturated heterocycles. The zero-order valence-corrected chi connectivity index (χ0v) is 15.2. The van der Waals surface area contributed by atoms with Gasteiger partial charge in [0, 0.05) is 18.9 Å². The van der Waals surface area contributed by atoms with Crippen LogP contribution in [0, 0.1) is 5.82 Å². The molecule has 2 heterocycles. The van der Waals surface area contributed by atoms with Crippen LogP contribution in [-0.2, 0) is 19.3 Å². The van der Waals surface area contributed by atoms with E-state index in [-0.39, 0.29) is 13.1 Å². The molecule has 0 bridgehead atoms. The number of H-pyrrole nitrogens is 1. The van der Waals surface area contributed by atoms with Gasteiger partial charge in [-0.25, -0.2) is 9.07 Å². The maximum absolute atomic E-state index is 13.5. The number of nitrogens with zero attached hydrogens (tertiary/aromatic N) is 2. The van der Waals surface area contributed by atoms with Gasteiger partial charge in [0.2, 0.25) is 0 Å². The number of rotatable bonds is 5. The minimum atomic E-state index is -5.11. The first kappa shape index (κ1) is 21.0. The predicted molar refractivity (Wildman–Crippen MR) is 97.2 cm³/mol. The van der Waals surface area contributed by atoms with Gasteiger partial charge in [-0.3, -0.25) is 24.5 Å². The smallest absolute Gasteiger partial charge is 0.348 e. The molecule has 11 heteroatoms. The molecule has 0 fully saturated rings. The van der Waals surface area contributed by atoms with Crippen LogP contribution in [0.4, 0.5) is 17.6 Å². The molecule has 1 amide bonds. The van der Waals surface area contributed by atoms with Crippen molar-refractivity contribution in [3.63, 3.8) is 0 Å². The van der Waals surface area contributed by atoms with Crippen LogP contribution in [0.5, 0.6) is 0 Å². The summed E-state index contributed by atoms with van der Waals surface area (Å²) in [6.07, 6.45) is -2.35. The SMILES string of the molecule is O=C(NCc1ccc(F)cc1)c1c(C(F)(F)F)[nH]n(Cc2cccnc2)c(=O)c1=O. The maximum atomic E-state index is 13.5. The molecule has 0 radical (unpaired) electrons. The summed E-state index contributed by atoms with van der Waals surface area (Å²) >= 11 is 0. The van der Waals surface area contributed by atoms with Crippen LogP contribution in [0.3, 0.4) is 0 Å². The van der Waals surface area contributed by atoms with E-state index in [0.717, 1.165) is 12.1 Å². The molecule has 0 spiro atoms. The average Bonchev–Trinajstić information content (AvgIpc) is 2.70. The Bertz CT molecular complexity index is 1170. The molecule has 3 rings (SSSR count). The van der Waals surface area contributed by atoms with Crippen LogP contribution < -0.4 is 16.3 Å². The minimum Gasteiger partial charge on any atom is -0.348 e. The molecule has 2 N–H and O–H groups in total. The van der Waals surface area contributed by atoms with Crippen molar-refractivity contribution in [2.24, 2.45) is 0 Å². The number of pyridine rings is 1. The summed E-state index contributed by atoms with van der Waals surface area (Å²) in [6, 6.07) is 7.87. The Kier molecular flexibility index (Phi) is 5.81. The Hall–Kier alpha value is -3.76. The summed E-state index contributed by atoms with van der Waals surface area (Å²) in [5, 5.41) is 3.98. The van der Waals surface area contributed by atoms with Gasteiger partial charge in [-0.15, -0.1) is 0 Å². The fourth-order valence-corrected chi connectivity index (χ4v) is 2.66. The molecule has 156 valence electrons. The summed E-state index contributed by atoms with van der Waals surface area (Å²) in [7, 11) is 0. The van der Waals surface area contributed by atoms with Crippen LogP contribution in [0.25, 0.3) is 0 Å². The zero-order valence-electron chi connectivity index (χ0n) is 15.2. The molecule has 0 unspecified atom stereocenters. The number of nitrogens with one attached hydrogen (secondary N) is 2. The fourth-order valence-electron chi connectivity index (χ4n) is 2.66. The lowest BCUT2D eigenvalue weighted by Gasteiger charge is -2.15. The third kappa shape index (κ3) is 4.62. The van der Waals surface area contributed by atoms with Gasteiger partial charge in [-0.2, -0.15) is 13.2 Å². The van der Waals surface area contributed by atoms with Crippen molar-refractivity contribution in [1.82, 2.24) is 20.1 Å². The average molecular weight is 422 g/mol. The lowest BCUT2D eigenvalue weighted by atomic mass is 10.1. The van der Waals surface area contributed by atoms with E-state index in [1.807, 2.05) is 5.10 Å². The molecular weight excluding hydrogens is 408 g/mol. The first-order valence-electron chi connectivity index (χ1n) is 8.52.